The van der Waals surface area contributed by atoms with Crippen LogP contribution in [0, 0.1) is 6.92 Å². The number of ether oxygens (including phenoxy) is 1. The fraction of sp³-hybridized carbons (Fsp3) is 0.500. The van der Waals surface area contributed by atoms with Crippen molar-refractivity contribution >= 4 is 17.7 Å². The molecule has 5 heteroatoms. The monoisotopic (exact) mass is 279 g/mol. The maximum Gasteiger partial charge on any atom is 0.191 e. The molecule has 0 amide bonds. The van der Waals surface area contributed by atoms with E-state index < -0.39 is 0 Å². The van der Waals surface area contributed by atoms with E-state index in [-0.39, 0.29) is 0 Å². The highest BCUT2D eigenvalue weighted by molar-refractivity contribution is 7.99. The molecule has 0 aliphatic carbocycles. The molecule has 0 atom stereocenters. The third kappa shape index (κ3) is 3.80. The van der Waals surface area contributed by atoms with Gasteiger partial charge in [0, 0.05) is 24.6 Å². The van der Waals surface area contributed by atoms with Gasteiger partial charge in [0.25, 0.3) is 0 Å². The van der Waals surface area contributed by atoms with Crippen LogP contribution in [0.3, 0.4) is 0 Å². The number of benzene rings is 1. The Morgan fingerprint density at radius 3 is 2.79 bits per heavy atom. The first-order valence-electron chi connectivity index (χ1n) is 6.47. The van der Waals surface area contributed by atoms with Gasteiger partial charge in [-0.2, -0.15) is 11.8 Å². The SMILES string of the molecule is COc1ccc(CN=C(N)N2CCSCC2)cc1C. The number of hydrogen-bond donors (Lipinski definition) is 1. The number of guanidine groups is 1. The molecule has 104 valence electrons. The Morgan fingerprint density at radius 1 is 1.42 bits per heavy atom. The Hall–Kier alpha value is -1.36. The normalized spacial score (nSPS) is 16.5. The van der Waals surface area contributed by atoms with E-state index in [1.54, 1.807) is 7.11 Å². The smallest absolute Gasteiger partial charge is 0.191 e. The molecule has 0 aromatic heterocycles. The van der Waals surface area contributed by atoms with Gasteiger partial charge >= 0.3 is 0 Å². The lowest BCUT2D eigenvalue weighted by atomic mass is 10.1. The lowest BCUT2D eigenvalue weighted by Crippen LogP contribution is -2.42. The largest absolute Gasteiger partial charge is 0.496 e. The number of nitrogens with zero attached hydrogens (tertiary/aromatic N) is 2. The molecule has 0 radical (unpaired) electrons. The summed E-state index contributed by atoms with van der Waals surface area (Å²) in [6.07, 6.45) is 0. The van der Waals surface area contributed by atoms with Crippen molar-refractivity contribution in [2.75, 3.05) is 31.7 Å². The van der Waals surface area contributed by atoms with E-state index in [4.69, 9.17) is 10.5 Å². The van der Waals surface area contributed by atoms with Crippen LogP contribution in [0.4, 0.5) is 0 Å². The zero-order valence-corrected chi connectivity index (χ0v) is 12.4. The lowest BCUT2D eigenvalue weighted by molar-refractivity contribution is 0.411. The predicted molar refractivity (Wildman–Crippen MR) is 82.0 cm³/mol. The van der Waals surface area contributed by atoms with Gasteiger partial charge in [-0.1, -0.05) is 12.1 Å². The van der Waals surface area contributed by atoms with Crippen LogP contribution in [-0.4, -0.2) is 42.6 Å². The van der Waals surface area contributed by atoms with Gasteiger partial charge in [0.05, 0.1) is 13.7 Å². The summed E-state index contributed by atoms with van der Waals surface area (Å²) in [5, 5.41) is 0. The van der Waals surface area contributed by atoms with Crippen molar-refractivity contribution in [1.82, 2.24) is 4.90 Å². The summed E-state index contributed by atoms with van der Waals surface area (Å²) in [5.74, 6) is 3.85. The molecule has 2 rings (SSSR count). The molecule has 1 aromatic carbocycles. The first-order chi connectivity index (χ1) is 9.20. The summed E-state index contributed by atoms with van der Waals surface area (Å²) in [6, 6.07) is 6.12. The van der Waals surface area contributed by atoms with E-state index >= 15 is 0 Å². The highest BCUT2D eigenvalue weighted by Gasteiger charge is 2.11. The summed E-state index contributed by atoms with van der Waals surface area (Å²) >= 11 is 1.97. The predicted octanol–water partition coefficient (Wildman–Crippen LogP) is 1.87. The number of methoxy groups -OCH3 is 1. The van der Waals surface area contributed by atoms with E-state index in [9.17, 15) is 0 Å². The Balaban J connectivity index is 1.98. The highest BCUT2D eigenvalue weighted by Crippen LogP contribution is 2.19. The quantitative estimate of drug-likeness (QED) is 0.678. The van der Waals surface area contributed by atoms with Gasteiger partial charge in [-0.3, -0.25) is 0 Å². The van der Waals surface area contributed by atoms with Crippen LogP contribution in [0.25, 0.3) is 0 Å². The number of aryl methyl sites for hydroxylation is 1. The summed E-state index contributed by atoms with van der Waals surface area (Å²) in [6.45, 7) is 4.67. The molecule has 1 aliphatic heterocycles. The van der Waals surface area contributed by atoms with Crippen LogP contribution in [0.1, 0.15) is 11.1 Å². The van der Waals surface area contributed by atoms with E-state index in [1.807, 2.05) is 30.8 Å². The molecular formula is C14H21N3OS. The second-order valence-corrected chi connectivity index (χ2v) is 5.80. The number of nitrogens with two attached hydrogens (primary N) is 1. The van der Waals surface area contributed by atoms with Crippen LogP contribution in [0.2, 0.25) is 0 Å². The topological polar surface area (TPSA) is 50.9 Å². The maximum absolute atomic E-state index is 6.03. The molecule has 0 unspecified atom stereocenters. The van der Waals surface area contributed by atoms with Crippen molar-refractivity contribution in [3.8, 4) is 5.75 Å². The third-order valence-electron chi connectivity index (χ3n) is 3.22. The van der Waals surface area contributed by atoms with Gasteiger partial charge < -0.3 is 15.4 Å². The van der Waals surface area contributed by atoms with E-state index in [1.165, 1.54) is 0 Å². The first-order valence-corrected chi connectivity index (χ1v) is 7.62. The van der Waals surface area contributed by atoms with Gasteiger partial charge in [0.1, 0.15) is 5.75 Å². The average molecular weight is 279 g/mol. The van der Waals surface area contributed by atoms with Gasteiger partial charge in [-0.05, 0) is 24.1 Å². The summed E-state index contributed by atoms with van der Waals surface area (Å²) in [7, 11) is 1.69. The van der Waals surface area contributed by atoms with Crippen LogP contribution in [0.5, 0.6) is 5.75 Å². The van der Waals surface area contributed by atoms with Crippen molar-refractivity contribution in [1.29, 1.82) is 0 Å². The standard InChI is InChI=1S/C14H21N3OS/c1-11-9-12(3-4-13(11)18-2)10-16-14(15)17-5-7-19-8-6-17/h3-4,9H,5-8,10H2,1-2H3,(H2,15,16). The zero-order chi connectivity index (χ0) is 13.7. The zero-order valence-electron chi connectivity index (χ0n) is 11.6. The van der Waals surface area contributed by atoms with Crippen molar-refractivity contribution in [2.45, 2.75) is 13.5 Å². The van der Waals surface area contributed by atoms with E-state index in [0.29, 0.717) is 12.5 Å². The fourth-order valence-electron chi connectivity index (χ4n) is 2.10. The maximum atomic E-state index is 6.03. The number of rotatable bonds is 3. The van der Waals surface area contributed by atoms with E-state index in [2.05, 4.69) is 16.0 Å². The van der Waals surface area contributed by atoms with Crippen molar-refractivity contribution in [3.05, 3.63) is 29.3 Å². The molecule has 19 heavy (non-hydrogen) atoms. The fourth-order valence-corrected chi connectivity index (χ4v) is 3.01. The van der Waals surface area contributed by atoms with Gasteiger partial charge in [-0.25, -0.2) is 4.99 Å². The van der Waals surface area contributed by atoms with Crippen molar-refractivity contribution in [2.24, 2.45) is 10.7 Å². The molecule has 1 saturated heterocycles. The summed E-state index contributed by atoms with van der Waals surface area (Å²) < 4.78 is 5.25. The van der Waals surface area contributed by atoms with Crippen LogP contribution in [-0.2, 0) is 6.54 Å². The number of hydrogen-bond acceptors (Lipinski definition) is 3. The Labute approximate surface area is 119 Å². The summed E-state index contributed by atoms with van der Waals surface area (Å²) in [4.78, 5) is 6.64. The summed E-state index contributed by atoms with van der Waals surface area (Å²) in [5.41, 5.74) is 8.32. The molecule has 1 heterocycles. The van der Waals surface area contributed by atoms with Gasteiger partial charge in [-0.15, -0.1) is 0 Å². The van der Waals surface area contributed by atoms with Crippen LogP contribution >= 0.6 is 11.8 Å². The second kappa shape index (κ2) is 6.70. The molecule has 0 spiro atoms. The highest BCUT2D eigenvalue weighted by atomic mass is 32.2. The first kappa shape index (κ1) is 14.1. The molecule has 1 fully saturated rings. The molecule has 4 nitrogen and oxygen atoms in total. The minimum Gasteiger partial charge on any atom is -0.496 e. The van der Waals surface area contributed by atoms with Gasteiger partial charge in [0.15, 0.2) is 5.96 Å². The minimum atomic E-state index is 0.625. The van der Waals surface area contributed by atoms with Crippen molar-refractivity contribution in [3.63, 3.8) is 0 Å². The molecule has 2 N–H and O–H groups in total. The number of aliphatic imine (C=N–C) groups is 1. The van der Waals surface area contributed by atoms with Crippen LogP contribution in [0.15, 0.2) is 23.2 Å². The molecule has 1 aliphatic rings. The number of thioether (sulfide) groups is 1. The average Bonchev–Trinajstić information content (AvgIpc) is 2.46. The molecule has 1 aromatic rings. The Morgan fingerprint density at radius 2 is 2.16 bits per heavy atom. The Bertz CT molecular complexity index is 456. The third-order valence-corrected chi connectivity index (χ3v) is 4.16. The van der Waals surface area contributed by atoms with E-state index in [0.717, 1.165) is 41.5 Å². The van der Waals surface area contributed by atoms with Crippen LogP contribution < -0.4 is 10.5 Å². The lowest BCUT2D eigenvalue weighted by Gasteiger charge is -2.27. The molecular weight excluding hydrogens is 258 g/mol. The van der Waals surface area contributed by atoms with Crippen molar-refractivity contribution < 1.29 is 4.74 Å². The minimum absolute atomic E-state index is 0.625. The Kier molecular flexibility index (Phi) is 4.96. The van der Waals surface area contributed by atoms with Gasteiger partial charge in [0.2, 0.25) is 0 Å². The second-order valence-electron chi connectivity index (χ2n) is 4.58. The molecule has 0 bridgehead atoms. The molecule has 0 saturated carbocycles.